The third-order valence-electron chi connectivity index (χ3n) is 2.48. The Labute approximate surface area is 75.2 Å². The maximum atomic E-state index is 5.57. The summed E-state index contributed by atoms with van der Waals surface area (Å²) in [7, 11) is 0. The molecule has 0 heterocycles. The van der Waals surface area contributed by atoms with Crippen molar-refractivity contribution < 1.29 is 9.47 Å². The Bertz CT molecular complexity index is 114. The molecule has 0 spiro atoms. The van der Waals surface area contributed by atoms with Gasteiger partial charge in [-0.2, -0.15) is 0 Å². The lowest BCUT2D eigenvalue weighted by Crippen LogP contribution is -2.22. The SMILES string of the molecule is CCOCO[C@H]1CCC[C@@H](C)C1. The monoisotopic (exact) mass is 172 g/mol. The Kier molecular flexibility index (Phi) is 4.62. The first-order valence-corrected chi connectivity index (χ1v) is 5.02. The van der Waals surface area contributed by atoms with Gasteiger partial charge in [0.15, 0.2) is 0 Å². The summed E-state index contributed by atoms with van der Waals surface area (Å²) in [4.78, 5) is 0. The highest BCUT2D eigenvalue weighted by Gasteiger charge is 2.18. The van der Waals surface area contributed by atoms with Crippen molar-refractivity contribution in [1.82, 2.24) is 0 Å². The normalized spacial score (nSPS) is 30.5. The fourth-order valence-corrected chi connectivity index (χ4v) is 1.76. The van der Waals surface area contributed by atoms with Crippen LogP contribution in [0.2, 0.25) is 0 Å². The minimum absolute atomic E-state index is 0.459. The molecular weight excluding hydrogens is 152 g/mol. The van der Waals surface area contributed by atoms with Crippen molar-refractivity contribution in [2.24, 2.45) is 5.92 Å². The molecule has 0 aromatic carbocycles. The summed E-state index contributed by atoms with van der Waals surface area (Å²) in [6.07, 6.45) is 5.58. The van der Waals surface area contributed by atoms with Gasteiger partial charge >= 0.3 is 0 Å². The van der Waals surface area contributed by atoms with Gasteiger partial charge in [0.1, 0.15) is 6.79 Å². The highest BCUT2D eigenvalue weighted by Crippen LogP contribution is 2.25. The quantitative estimate of drug-likeness (QED) is 0.479. The van der Waals surface area contributed by atoms with Gasteiger partial charge in [-0.25, -0.2) is 0 Å². The molecule has 1 aliphatic carbocycles. The van der Waals surface area contributed by atoms with Gasteiger partial charge in [-0.15, -0.1) is 0 Å². The topological polar surface area (TPSA) is 18.5 Å². The molecular formula is C10H20O2. The van der Waals surface area contributed by atoms with E-state index in [4.69, 9.17) is 9.47 Å². The van der Waals surface area contributed by atoms with Gasteiger partial charge in [0.25, 0.3) is 0 Å². The second-order valence-corrected chi connectivity index (χ2v) is 3.67. The van der Waals surface area contributed by atoms with Crippen molar-refractivity contribution in [3.05, 3.63) is 0 Å². The smallest absolute Gasteiger partial charge is 0.147 e. The molecule has 12 heavy (non-hydrogen) atoms. The van der Waals surface area contributed by atoms with Crippen LogP contribution in [-0.2, 0) is 9.47 Å². The van der Waals surface area contributed by atoms with E-state index in [2.05, 4.69) is 6.92 Å². The molecule has 0 aromatic rings. The molecule has 1 rings (SSSR count). The van der Waals surface area contributed by atoms with Gasteiger partial charge in [-0.05, 0) is 25.7 Å². The zero-order valence-corrected chi connectivity index (χ0v) is 8.21. The number of hydrogen-bond acceptors (Lipinski definition) is 2. The summed E-state index contributed by atoms with van der Waals surface area (Å²) in [6, 6.07) is 0. The first-order valence-electron chi connectivity index (χ1n) is 5.02. The van der Waals surface area contributed by atoms with Crippen molar-refractivity contribution >= 4 is 0 Å². The van der Waals surface area contributed by atoms with Crippen molar-refractivity contribution in [3.8, 4) is 0 Å². The van der Waals surface area contributed by atoms with E-state index in [1.165, 1.54) is 25.7 Å². The number of hydrogen-bond donors (Lipinski definition) is 0. The standard InChI is InChI=1S/C10H20O2/c1-3-11-8-12-10-6-4-5-9(2)7-10/h9-10H,3-8H2,1-2H3/t9-,10+/m1/s1. The Morgan fingerprint density at radius 3 is 2.83 bits per heavy atom. The third-order valence-corrected chi connectivity index (χ3v) is 2.48. The minimum atomic E-state index is 0.459. The Morgan fingerprint density at radius 2 is 2.17 bits per heavy atom. The van der Waals surface area contributed by atoms with Gasteiger partial charge in [-0.3, -0.25) is 0 Å². The predicted molar refractivity (Wildman–Crippen MR) is 49.0 cm³/mol. The fourth-order valence-electron chi connectivity index (χ4n) is 1.76. The van der Waals surface area contributed by atoms with E-state index in [0.29, 0.717) is 12.9 Å². The average molecular weight is 172 g/mol. The first kappa shape index (κ1) is 10.0. The van der Waals surface area contributed by atoms with Crippen LogP contribution in [0.3, 0.4) is 0 Å². The van der Waals surface area contributed by atoms with E-state index in [9.17, 15) is 0 Å². The molecule has 0 saturated heterocycles. The summed E-state index contributed by atoms with van der Waals surface area (Å²) in [5, 5.41) is 0. The molecule has 0 bridgehead atoms. The fraction of sp³-hybridized carbons (Fsp3) is 1.00. The van der Waals surface area contributed by atoms with Crippen molar-refractivity contribution in [1.29, 1.82) is 0 Å². The molecule has 1 fully saturated rings. The van der Waals surface area contributed by atoms with E-state index in [1.807, 2.05) is 6.92 Å². The van der Waals surface area contributed by atoms with Crippen molar-refractivity contribution in [3.63, 3.8) is 0 Å². The zero-order valence-electron chi connectivity index (χ0n) is 8.21. The van der Waals surface area contributed by atoms with E-state index in [1.54, 1.807) is 0 Å². The summed E-state index contributed by atoms with van der Waals surface area (Å²) in [5.74, 6) is 0.838. The highest BCUT2D eigenvalue weighted by molar-refractivity contribution is 4.69. The van der Waals surface area contributed by atoms with Crippen LogP contribution in [0.1, 0.15) is 39.5 Å². The Morgan fingerprint density at radius 1 is 1.33 bits per heavy atom. The van der Waals surface area contributed by atoms with Crippen LogP contribution in [0.4, 0.5) is 0 Å². The molecule has 0 aliphatic heterocycles. The molecule has 0 unspecified atom stereocenters. The lowest BCUT2D eigenvalue weighted by Gasteiger charge is -2.26. The summed E-state index contributed by atoms with van der Waals surface area (Å²) in [5.41, 5.74) is 0. The minimum Gasteiger partial charge on any atom is -0.356 e. The molecule has 1 saturated carbocycles. The number of rotatable bonds is 4. The van der Waals surface area contributed by atoms with E-state index >= 15 is 0 Å². The van der Waals surface area contributed by atoms with Gasteiger partial charge in [-0.1, -0.05) is 19.8 Å². The molecule has 1 aliphatic rings. The molecule has 0 amide bonds. The average Bonchev–Trinajstić information content (AvgIpc) is 2.05. The second-order valence-electron chi connectivity index (χ2n) is 3.67. The van der Waals surface area contributed by atoms with E-state index in [-0.39, 0.29) is 0 Å². The van der Waals surface area contributed by atoms with Gasteiger partial charge in [0.2, 0.25) is 0 Å². The number of ether oxygens (including phenoxy) is 2. The van der Waals surface area contributed by atoms with Crippen molar-refractivity contribution in [2.45, 2.75) is 45.6 Å². The van der Waals surface area contributed by atoms with Crippen LogP contribution < -0.4 is 0 Å². The largest absolute Gasteiger partial charge is 0.356 e. The molecule has 0 radical (unpaired) electrons. The third kappa shape index (κ3) is 3.55. The lowest BCUT2D eigenvalue weighted by molar-refractivity contribution is -0.0997. The van der Waals surface area contributed by atoms with Gasteiger partial charge < -0.3 is 9.47 Å². The predicted octanol–water partition coefficient (Wildman–Crippen LogP) is 2.58. The summed E-state index contributed by atoms with van der Waals surface area (Å²) < 4.78 is 10.7. The van der Waals surface area contributed by atoms with Gasteiger partial charge in [0.05, 0.1) is 6.10 Å². The Hall–Kier alpha value is -0.0800. The Balaban J connectivity index is 2.06. The van der Waals surface area contributed by atoms with Crippen LogP contribution in [0.15, 0.2) is 0 Å². The molecule has 0 N–H and O–H groups in total. The van der Waals surface area contributed by atoms with Crippen molar-refractivity contribution in [2.75, 3.05) is 13.4 Å². The van der Waals surface area contributed by atoms with Gasteiger partial charge in [0, 0.05) is 6.61 Å². The van der Waals surface area contributed by atoms with E-state index < -0.39 is 0 Å². The molecule has 0 aromatic heterocycles. The summed E-state index contributed by atoms with van der Waals surface area (Å²) in [6.45, 7) is 5.53. The molecule has 2 atom stereocenters. The second kappa shape index (κ2) is 5.55. The molecule has 2 nitrogen and oxygen atoms in total. The van der Waals surface area contributed by atoms with Crippen LogP contribution in [0.5, 0.6) is 0 Å². The van der Waals surface area contributed by atoms with Crippen LogP contribution in [-0.4, -0.2) is 19.5 Å². The van der Waals surface area contributed by atoms with Crippen LogP contribution in [0, 0.1) is 5.92 Å². The molecule has 72 valence electrons. The zero-order chi connectivity index (χ0) is 8.81. The summed E-state index contributed by atoms with van der Waals surface area (Å²) >= 11 is 0. The maximum Gasteiger partial charge on any atom is 0.147 e. The first-order chi connectivity index (χ1) is 5.83. The van der Waals surface area contributed by atoms with Crippen LogP contribution in [0.25, 0.3) is 0 Å². The maximum absolute atomic E-state index is 5.57. The highest BCUT2D eigenvalue weighted by atomic mass is 16.7. The molecule has 2 heteroatoms. The lowest BCUT2D eigenvalue weighted by atomic mass is 9.89. The van der Waals surface area contributed by atoms with Crippen LogP contribution >= 0.6 is 0 Å². The van der Waals surface area contributed by atoms with E-state index in [0.717, 1.165) is 12.5 Å².